The molecular formula is C27H32N4O2. The number of nitrogens with two attached hydrogens (primary N) is 1. The lowest BCUT2D eigenvalue weighted by Gasteiger charge is -2.39. The van der Waals surface area contributed by atoms with Crippen molar-refractivity contribution in [3.63, 3.8) is 0 Å². The van der Waals surface area contributed by atoms with Crippen molar-refractivity contribution in [1.29, 1.82) is 0 Å². The van der Waals surface area contributed by atoms with Gasteiger partial charge in [-0.25, -0.2) is 4.98 Å². The molecule has 3 unspecified atom stereocenters. The zero-order valence-corrected chi connectivity index (χ0v) is 19.6. The monoisotopic (exact) mass is 444 g/mol. The van der Waals surface area contributed by atoms with E-state index in [0.29, 0.717) is 12.4 Å². The molecule has 5 rings (SSSR count). The number of nitrogens with zero attached hydrogens (tertiary/aromatic N) is 3. The molecule has 0 saturated carbocycles. The summed E-state index contributed by atoms with van der Waals surface area (Å²) in [4.78, 5) is 20.6. The quantitative estimate of drug-likeness (QED) is 0.591. The maximum Gasteiger partial charge on any atom is 0.210 e. The molecule has 0 radical (unpaired) electrons. The number of hydrogen-bond donors (Lipinski definition) is 1. The van der Waals surface area contributed by atoms with Gasteiger partial charge in [0.05, 0.1) is 36.0 Å². The summed E-state index contributed by atoms with van der Waals surface area (Å²) in [5.74, 6) is 0.556. The number of pyridine rings is 1. The van der Waals surface area contributed by atoms with Gasteiger partial charge in [-0.3, -0.25) is 4.79 Å². The van der Waals surface area contributed by atoms with E-state index < -0.39 is 0 Å². The lowest BCUT2D eigenvalue weighted by molar-refractivity contribution is -0.118. The molecule has 2 aliphatic rings. The number of ether oxygens (including phenoxy) is 1. The highest BCUT2D eigenvalue weighted by Crippen LogP contribution is 2.40. The van der Waals surface area contributed by atoms with Gasteiger partial charge in [-0.2, -0.15) is 0 Å². The van der Waals surface area contributed by atoms with E-state index in [0.717, 1.165) is 54.5 Å². The Morgan fingerprint density at radius 3 is 2.82 bits per heavy atom. The minimum atomic E-state index is 0.129. The molecule has 0 bridgehead atoms. The first kappa shape index (κ1) is 21.7. The molecule has 2 saturated heterocycles. The van der Waals surface area contributed by atoms with Crippen molar-refractivity contribution in [3.05, 3.63) is 53.6 Å². The molecule has 0 spiro atoms. The maximum atomic E-state index is 11.7. The second-order valence-corrected chi connectivity index (χ2v) is 9.35. The van der Waals surface area contributed by atoms with Crippen LogP contribution in [0.1, 0.15) is 43.9 Å². The third kappa shape index (κ3) is 3.82. The molecule has 2 aromatic carbocycles. The Labute approximate surface area is 195 Å². The van der Waals surface area contributed by atoms with Crippen molar-refractivity contribution in [1.82, 2.24) is 9.88 Å². The predicted molar refractivity (Wildman–Crippen MR) is 133 cm³/mol. The Kier molecular flexibility index (Phi) is 5.71. The van der Waals surface area contributed by atoms with Gasteiger partial charge in [0.25, 0.3) is 0 Å². The zero-order chi connectivity index (χ0) is 23.1. The fourth-order valence-corrected chi connectivity index (χ4v) is 5.45. The van der Waals surface area contributed by atoms with Gasteiger partial charge in [0.1, 0.15) is 5.82 Å². The number of carbonyl (C=O) groups excluding carboxylic acids is 1. The Bertz CT molecular complexity index is 1190. The van der Waals surface area contributed by atoms with Crippen molar-refractivity contribution in [2.45, 2.75) is 51.8 Å². The van der Waals surface area contributed by atoms with Crippen molar-refractivity contribution in [2.75, 3.05) is 30.3 Å². The number of morpholine rings is 1. The van der Waals surface area contributed by atoms with E-state index in [2.05, 4.69) is 68.1 Å². The third-order valence-corrected chi connectivity index (χ3v) is 7.40. The largest absolute Gasteiger partial charge is 0.382 e. The number of amides is 1. The molecule has 33 heavy (non-hydrogen) atoms. The summed E-state index contributed by atoms with van der Waals surface area (Å²) in [6.45, 7) is 8.72. The van der Waals surface area contributed by atoms with Gasteiger partial charge in [-0.15, -0.1) is 0 Å². The number of nitrogen functional groups attached to an aromatic ring is 1. The number of fused-ring (bicyclic) bond motifs is 1. The van der Waals surface area contributed by atoms with E-state index >= 15 is 0 Å². The molecule has 172 valence electrons. The van der Waals surface area contributed by atoms with E-state index in [-0.39, 0.29) is 18.2 Å². The smallest absolute Gasteiger partial charge is 0.210 e. The summed E-state index contributed by atoms with van der Waals surface area (Å²) in [6, 6.07) is 15.3. The highest BCUT2D eigenvalue weighted by Gasteiger charge is 2.29. The van der Waals surface area contributed by atoms with Crippen LogP contribution in [0.25, 0.3) is 22.0 Å². The zero-order valence-electron chi connectivity index (χ0n) is 19.6. The fourth-order valence-electron chi connectivity index (χ4n) is 5.45. The number of carbonyl (C=O) groups is 1. The van der Waals surface area contributed by atoms with Crippen LogP contribution in [0.2, 0.25) is 0 Å². The lowest BCUT2D eigenvalue weighted by Crippen LogP contribution is -2.48. The number of anilines is 2. The molecule has 3 aromatic rings. The third-order valence-electron chi connectivity index (χ3n) is 7.40. The molecule has 3 atom stereocenters. The summed E-state index contributed by atoms with van der Waals surface area (Å²) in [5, 5.41) is 1.07. The topological polar surface area (TPSA) is 71.7 Å². The second kappa shape index (κ2) is 8.67. The average molecular weight is 445 g/mol. The van der Waals surface area contributed by atoms with E-state index in [9.17, 15) is 4.79 Å². The molecular weight excluding hydrogens is 412 g/mol. The summed E-state index contributed by atoms with van der Waals surface area (Å²) in [5.41, 5.74) is 13.1. The first-order valence-corrected chi connectivity index (χ1v) is 11.9. The van der Waals surface area contributed by atoms with Crippen molar-refractivity contribution < 1.29 is 9.53 Å². The van der Waals surface area contributed by atoms with Gasteiger partial charge in [-0.05, 0) is 74.1 Å². The van der Waals surface area contributed by atoms with Gasteiger partial charge in [-0.1, -0.05) is 24.3 Å². The van der Waals surface area contributed by atoms with Gasteiger partial charge in [0, 0.05) is 18.5 Å². The van der Waals surface area contributed by atoms with E-state index in [1.807, 2.05) is 4.90 Å². The standard InChI is InChI=1S/C27H32N4O2/c1-17-6-4-7-22(24-8-5-11-30(24)16-32)26(17)20-9-10-23-21(14-20)15-25(27(28)29-23)31-12-13-33-19(3)18(31)2/h4,6-7,9-10,14-16,18-19,24H,5,8,11-13H2,1-3H3,(H2,28,29). The minimum Gasteiger partial charge on any atom is -0.382 e. The maximum absolute atomic E-state index is 11.7. The summed E-state index contributed by atoms with van der Waals surface area (Å²) < 4.78 is 5.81. The number of hydrogen-bond acceptors (Lipinski definition) is 5. The van der Waals surface area contributed by atoms with Crippen LogP contribution in [0.3, 0.4) is 0 Å². The Hall–Kier alpha value is -3.12. The second-order valence-electron chi connectivity index (χ2n) is 9.35. The van der Waals surface area contributed by atoms with Crippen LogP contribution < -0.4 is 10.6 Å². The van der Waals surface area contributed by atoms with Crippen LogP contribution >= 0.6 is 0 Å². The van der Waals surface area contributed by atoms with E-state index in [1.165, 1.54) is 16.7 Å². The summed E-state index contributed by atoms with van der Waals surface area (Å²) in [7, 11) is 0. The number of aryl methyl sites for hydroxylation is 1. The molecule has 2 fully saturated rings. The van der Waals surface area contributed by atoms with Crippen LogP contribution in [0.4, 0.5) is 11.5 Å². The van der Waals surface area contributed by atoms with Crippen molar-refractivity contribution in [2.24, 2.45) is 0 Å². The number of benzene rings is 2. The van der Waals surface area contributed by atoms with Crippen LogP contribution in [0, 0.1) is 6.92 Å². The SMILES string of the molecule is Cc1cccc(C2CCCN2C=O)c1-c1ccc2nc(N)c(N3CCOC(C)C3C)cc2c1. The Morgan fingerprint density at radius 2 is 2.00 bits per heavy atom. The van der Waals surface area contributed by atoms with Crippen molar-refractivity contribution >= 4 is 28.8 Å². The van der Waals surface area contributed by atoms with Crippen LogP contribution in [0.5, 0.6) is 0 Å². The lowest BCUT2D eigenvalue weighted by atomic mass is 9.89. The van der Waals surface area contributed by atoms with E-state index in [1.54, 1.807) is 0 Å². The first-order valence-electron chi connectivity index (χ1n) is 11.9. The molecule has 6 heteroatoms. The molecule has 3 heterocycles. The highest BCUT2D eigenvalue weighted by atomic mass is 16.5. The average Bonchev–Trinajstić information content (AvgIpc) is 3.29. The van der Waals surface area contributed by atoms with Crippen molar-refractivity contribution in [3.8, 4) is 11.1 Å². The van der Waals surface area contributed by atoms with E-state index in [4.69, 9.17) is 15.5 Å². The van der Waals surface area contributed by atoms with Gasteiger partial charge in [0.15, 0.2) is 0 Å². The van der Waals surface area contributed by atoms with Crippen LogP contribution in [-0.2, 0) is 9.53 Å². The normalized spacial score (nSPS) is 23.3. The van der Waals surface area contributed by atoms with Crippen LogP contribution in [-0.4, -0.2) is 48.1 Å². The number of aromatic nitrogens is 1. The number of likely N-dealkylation sites (tertiary alicyclic amines) is 1. The van der Waals surface area contributed by atoms with Crippen LogP contribution in [0.15, 0.2) is 42.5 Å². The predicted octanol–water partition coefficient (Wildman–Crippen LogP) is 4.70. The molecule has 6 nitrogen and oxygen atoms in total. The van der Waals surface area contributed by atoms with Gasteiger partial charge in [0.2, 0.25) is 6.41 Å². The first-order chi connectivity index (χ1) is 16.0. The molecule has 0 aliphatic carbocycles. The van der Waals surface area contributed by atoms with Gasteiger partial charge < -0.3 is 20.3 Å². The molecule has 2 N–H and O–H groups in total. The molecule has 1 aromatic heterocycles. The minimum absolute atomic E-state index is 0.129. The summed E-state index contributed by atoms with van der Waals surface area (Å²) >= 11 is 0. The fraction of sp³-hybridized carbons (Fsp3) is 0.407. The Balaban J connectivity index is 1.61. The number of rotatable bonds is 4. The summed E-state index contributed by atoms with van der Waals surface area (Å²) in [6.07, 6.45) is 3.17. The Morgan fingerprint density at radius 1 is 1.15 bits per heavy atom. The highest BCUT2D eigenvalue weighted by molar-refractivity contribution is 5.91. The molecule has 1 amide bonds. The van der Waals surface area contributed by atoms with Gasteiger partial charge >= 0.3 is 0 Å². The molecule has 2 aliphatic heterocycles.